The van der Waals surface area contributed by atoms with Crippen molar-refractivity contribution in [2.24, 2.45) is 5.92 Å². The fourth-order valence-electron chi connectivity index (χ4n) is 2.34. The summed E-state index contributed by atoms with van der Waals surface area (Å²) in [7, 11) is 0. The maximum Gasteiger partial charge on any atom is 0.419 e. The van der Waals surface area contributed by atoms with Gasteiger partial charge in [0.2, 0.25) is 5.91 Å². The molecule has 2 N–H and O–H groups in total. The monoisotopic (exact) mass is 252 g/mol. The number of amides is 1. The minimum absolute atomic E-state index is 0.0225. The van der Waals surface area contributed by atoms with Crippen LogP contribution in [0.2, 0.25) is 0 Å². The number of β-amino-alcohol motifs (C(OH)–C–C–N with tert-alkyl or cyclic N) is 1. The molecular formula is C10H15F3N2O2. The van der Waals surface area contributed by atoms with Crippen molar-refractivity contribution in [3.05, 3.63) is 0 Å². The Balaban J connectivity index is 2.00. The first-order chi connectivity index (χ1) is 7.83. The van der Waals surface area contributed by atoms with Crippen LogP contribution in [0.25, 0.3) is 0 Å². The number of carbonyl (C=O) groups is 1. The average molecular weight is 252 g/mol. The molecule has 2 atom stereocenters. The molecule has 0 aliphatic carbocycles. The Kier molecular flexibility index (Phi) is 3.07. The third-order valence-corrected chi connectivity index (χ3v) is 3.50. The zero-order chi connectivity index (χ0) is 12.7. The summed E-state index contributed by atoms with van der Waals surface area (Å²) >= 11 is 0. The second-order valence-electron chi connectivity index (χ2n) is 4.73. The van der Waals surface area contributed by atoms with Crippen LogP contribution in [0.1, 0.15) is 12.8 Å². The molecule has 17 heavy (non-hydrogen) atoms. The second kappa shape index (κ2) is 4.13. The predicted octanol–water partition coefficient (Wildman–Crippen LogP) is 0.122. The van der Waals surface area contributed by atoms with Gasteiger partial charge in [0.25, 0.3) is 0 Å². The van der Waals surface area contributed by atoms with Gasteiger partial charge in [-0.1, -0.05) is 0 Å². The molecule has 2 aliphatic rings. The maximum absolute atomic E-state index is 12.6. The normalized spacial score (nSPS) is 34.4. The lowest BCUT2D eigenvalue weighted by Gasteiger charge is -2.26. The van der Waals surface area contributed by atoms with E-state index < -0.39 is 24.7 Å². The van der Waals surface area contributed by atoms with E-state index in [0.29, 0.717) is 19.5 Å². The Morgan fingerprint density at radius 2 is 2.18 bits per heavy atom. The van der Waals surface area contributed by atoms with Crippen molar-refractivity contribution in [3.8, 4) is 0 Å². The molecule has 2 heterocycles. The van der Waals surface area contributed by atoms with Crippen LogP contribution in [0.15, 0.2) is 0 Å². The van der Waals surface area contributed by atoms with Crippen molar-refractivity contribution in [2.45, 2.75) is 24.6 Å². The number of alkyl halides is 3. The number of nitrogens with zero attached hydrogens (tertiary/aromatic N) is 1. The van der Waals surface area contributed by atoms with Crippen molar-refractivity contribution >= 4 is 5.91 Å². The van der Waals surface area contributed by atoms with E-state index in [0.717, 1.165) is 4.90 Å². The molecule has 0 bridgehead atoms. The Hall–Kier alpha value is -0.820. The number of carbonyl (C=O) groups excluding carboxylic acids is 1. The van der Waals surface area contributed by atoms with E-state index in [1.165, 1.54) is 0 Å². The highest BCUT2D eigenvalue weighted by Crippen LogP contribution is 2.38. The van der Waals surface area contributed by atoms with Crippen LogP contribution in [0.4, 0.5) is 13.2 Å². The molecule has 0 radical (unpaired) electrons. The number of aliphatic hydroxyl groups is 1. The van der Waals surface area contributed by atoms with Gasteiger partial charge in [-0.15, -0.1) is 0 Å². The van der Waals surface area contributed by atoms with Gasteiger partial charge in [0.1, 0.15) is 0 Å². The Morgan fingerprint density at radius 1 is 1.47 bits per heavy atom. The summed E-state index contributed by atoms with van der Waals surface area (Å²) < 4.78 is 37.7. The molecule has 4 nitrogen and oxygen atoms in total. The molecule has 0 aromatic heterocycles. The number of hydrogen-bond donors (Lipinski definition) is 2. The topological polar surface area (TPSA) is 52.6 Å². The molecule has 0 spiro atoms. The number of rotatable bonds is 1. The molecular weight excluding hydrogens is 237 g/mol. The highest BCUT2D eigenvalue weighted by atomic mass is 19.4. The summed E-state index contributed by atoms with van der Waals surface area (Å²) in [5.74, 6) is -0.527. The summed E-state index contributed by atoms with van der Waals surface area (Å²) in [6, 6.07) is 0. The zero-order valence-electron chi connectivity index (χ0n) is 9.26. The van der Waals surface area contributed by atoms with Crippen LogP contribution in [0.5, 0.6) is 0 Å². The molecule has 98 valence electrons. The SMILES string of the molecule is O=C([C@H]1CCNC1)N1CC[C@@](O)(C(F)(F)F)C1. The van der Waals surface area contributed by atoms with E-state index in [1.807, 2.05) is 0 Å². The first-order valence-electron chi connectivity index (χ1n) is 5.62. The van der Waals surface area contributed by atoms with Crippen LogP contribution in [0, 0.1) is 5.92 Å². The first-order valence-corrected chi connectivity index (χ1v) is 5.62. The van der Waals surface area contributed by atoms with Crippen LogP contribution in [-0.2, 0) is 4.79 Å². The van der Waals surface area contributed by atoms with Crippen molar-refractivity contribution in [1.82, 2.24) is 10.2 Å². The van der Waals surface area contributed by atoms with Crippen LogP contribution in [0.3, 0.4) is 0 Å². The van der Waals surface area contributed by atoms with Gasteiger partial charge in [-0.25, -0.2) is 0 Å². The minimum Gasteiger partial charge on any atom is -0.379 e. The molecule has 0 aromatic carbocycles. The van der Waals surface area contributed by atoms with Gasteiger partial charge >= 0.3 is 6.18 Å². The Morgan fingerprint density at radius 3 is 2.65 bits per heavy atom. The van der Waals surface area contributed by atoms with Crippen molar-refractivity contribution in [2.75, 3.05) is 26.2 Å². The summed E-state index contributed by atoms with van der Waals surface area (Å²) in [5.41, 5.74) is -2.73. The van der Waals surface area contributed by atoms with Crippen LogP contribution >= 0.6 is 0 Å². The van der Waals surface area contributed by atoms with E-state index in [-0.39, 0.29) is 18.4 Å². The fourth-order valence-corrected chi connectivity index (χ4v) is 2.34. The van der Waals surface area contributed by atoms with Gasteiger partial charge in [-0.05, 0) is 13.0 Å². The van der Waals surface area contributed by atoms with Gasteiger partial charge in [0, 0.05) is 19.5 Å². The lowest BCUT2D eigenvalue weighted by atomic mass is 10.0. The Bertz CT molecular complexity index is 315. The molecule has 1 amide bonds. The number of nitrogens with one attached hydrogen (secondary N) is 1. The molecule has 2 rings (SSSR count). The molecule has 7 heteroatoms. The number of hydrogen-bond acceptors (Lipinski definition) is 3. The van der Waals surface area contributed by atoms with Gasteiger partial charge in [0.15, 0.2) is 5.60 Å². The molecule has 2 saturated heterocycles. The van der Waals surface area contributed by atoms with Gasteiger partial charge in [0.05, 0.1) is 12.5 Å². The highest BCUT2D eigenvalue weighted by Gasteiger charge is 2.58. The largest absolute Gasteiger partial charge is 0.419 e. The minimum atomic E-state index is -4.67. The van der Waals surface area contributed by atoms with Gasteiger partial charge in [-0.2, -0.15) is 13.2 Å². The van der Waals surface area contributed by atoms with Crippen molar-refractivity contribution in [3.63, 3.8) is 0 Å². The number of likely N-dealkylation sites (tertiary alicyclic amines) is 1. The molecule has 2 aliphatic heterocycles. The molecule has 2 fully saturated rings. The van der Waals surface area contributed by atoms with E-state index in [2.05, 4.69) is 5.32 Å². The number of halogens is 3. The van der Waals surface area contributed by atoms with Crippen LogP contribution in [-0.4, -0.2) is 53.9 Å². The average Bonchev–Trinajstić information content (AvgIpc) is 2.84. The quantitative estimate of drug-likeness (QED) is 0.697. The van der Waals surface area contributed by atoms with E-state index in [4.69, 9.17) is 0 Å². The van der Waals surface area contributed by atoms with E-state index >= 15 is 0 Å². The third-order valence-electron chi connectivity index (χ3n) is 3.50. The smallest absolute Gasteiger partial charge is 0.379 e. The van der Waals surface area contributed by atoms with Crippen molar-refractivity contribution < 1.29 is 23.1 Å². The fraction of sp³-hybridized carbons (Fsp3) is 0.900. The standard InChI is InChI=1S/C10H15F3N2O2/c11-10(12,13)9(17)2-4-15(6-9)8(16)7-1-3-14-5-7/h7,14,17H,1-6H2/t7-,9-/m0/s1. The maximum atomic E-state index is 12.6. The highest BCUT2D eigenvalue weighted by molar-refractivity contribution is 5.79. The lowest BCUT2D eigenvalue weighted by Crippen LogP contribution is -2.48. The summed E-state index contributed by atoms with van der Waals surface area (Å²) in [6.45, 7) is 0.574. The molecule has 0 saturated carbocycles. The lowest BCUT2D eigenvalue weighted by molar-refractivity contribution is -0.253. The third kappa shape index (κ3) is 2.26. The predicted molar refractivity (Wildman–Crippen MR) is 53.2 cm³/mol. The van der Waals surface area contributed by atoms with Gasteiger partial charge < -0.3 is 15.3 Å². The van der Waals surface area contributed by atoms with Gasteiger partial charge in [-0.3, -0.25) is 4.79 Å². The van der Waals surface area contributed by atoms with Crippen LogP contribution < -0.4 is 5.32 Å². The van der Waals surface area contributed by atoms with E-state index in [9.17, 15) is 23.1 Å². The molecule has 0 aromatic rings. The first kappa shape index (κ1) is 12.6. The molecule has 0 unspecified atom stereocenters. The van der Waals surface area contributed by atoms with Crippen molar-refractivity contribution in [1.29, 1.82) is 0 Å². The summed E-state index contributed by atoms with van der Waals surface area (Å²) in [5, 5.41) is 12.5. The summed E-state index contributed by atoms with van der Waals surface area (Å²) in [6.07, 6.45) is -4.45. The zero-order valence-corrected chi connectivity index (χ0v) is 9.26. The summed E-state index contributed by atoms with van der Waals surface area (Å²) in [4.78, 5) is 13.0. The van der Waals surface area contributed by atoms with E-state index in [1.54, 1.807) is 0 Å². The second-order valence-corrected chi connectivity index (χ2v) is 4.73. The Labute approximate surface area is 96.8 Å².